The molecular weight excluding hydrogens is 254 g/mol. The summed E-state index contributed by atoms with van der Waals surface area (Å²) in [6.07, 6.45) is 10.8. The van der Waals surface area contributed by atoms with Gasteiger partial charge in [0.2, 0.25) is 0 Å². The van der Waals surface area contributed by atoms with Gasteiger partial charge in [-0.25, -0.2) is 0 Å². The van der Waals surface area contributed by atoms with E-state index in [4.69, 9.17) is 5.73 Å². The second-order valence-corrected chi connectivity index (χ2v) is 7.29. The SMILES string of the molecule is CCC/C=C(\C)C/C(CC1(CC)CC(=C(C)C)C1)=C(\C)N. The van der Waals surface area contributed by atoms with Crippen LogP contribution in [0, 0.1) is 5.41 Å². The van der Waals surface area contributed by atoms with E-state index in [0.717, 1.165) is 12.1 Å². The molecule has 1 heteroatoms. The highest BCUT2D eigenvalue weighted by Crippen LogP contribution is 2.53. The van der Waals surface area contributed by atoms with Gasteiger partial charge in [0.1, 0.15) is 0 Å². The summed E-state index contributed by atoms with van der Waals surface area (Å²) in [5.74, 6) is 0. The molecule has 21 heavy (non-hydrogen) atoms. The van der Waals surface area contributed by atoms with Gasteiger partial charge in [-0.1, -0.05) is 43.1 Å². The van der Waals surface area contributed by atoms with Crippen molar-refractivity contribution in [2.45, 2.75) is 86.5 Å². The van der Waals surface area contributed by atoms with Gasteiger partial charge in [-0.05, 0) is 77.2 Å². The van der Waals surface area contributed by atoms with Gasteiger partial charge in [-0.2, -0.15) is 0 Å². The lowest BCUT2D eigenvalue weighted by Gasteiger charge is -2.45. The molecule has 0 aromatic heterocycles. The Kier molecular flexibility index (Phi) is 6.77. The summed E-state index contributed by atoms with van der Waals surface area (Å²) in [5.41, 5.74) is 13.8. The molecule has 1 aliphatic carbocycles. The van der Waals surface area contributed by atoms with Crippen LogP contribution in [0.15, 0.2) is 34.1 Å². The van der Waals surface area contributed by atoms with E-state index in [1.807, 2.05) is 0 Å². The molecule has 0 amide bonds. The molecule has 0 aromatic carbocycles. The van der Waals surface area contributed by atoms with Crippen LogP contribution in [-0.2, 0) is 0 Å². The molecule has 0 spiro atoms. The molecule has 1 saturated carbocycles. The van der Waals surface area contributed by atoms with Crippen LogP contribution >= 0.6 is 0 Å². The quantitative estimate of drug-likeness (QED) is 0.549. The third kappa shape index (κ3) is 5.05. The average Bonchev–Trinajstić information content (AvgIpc) is 2.38. The van der Waals surface area contributed by atoms with E-state index in [2.05, 4.69) is 47.6 Å². The summed E-state index contributed by atoms with van der Waals surface area (Å²) in [7, 11) is 0. The summed E-state index contributed by atoms with van der Waals surface area (Å²) in [6, 6.07) is 0. The average molecular weight is 290 g/mol. The van der Waals surface area contributed by atoms with Crippen LogP contribution in [0.5, 0.6) is 0 Å². The van der Waals surface area contributed by atoms with Gasteiger partial charge in [0.15, 0.2) is 0 Å². The third-order valence-electron chi connectivity index (χ3n) is 5.05. The normalized spacial score (nSPS) is 23.7. The van der Waals surface area contributed by atoms with E-state index >= 15 is 0 Å². The number of rotatable bonds is 7. The molecule has 1 fully saturated rings. The first-order chi connectivity index (χ1) is 9.83. The molecule has 1 aliphatic rings. The van der Waals surface area contributed by atoms with E-state index < -0.39 is 0 Å². The van der Waals surface area contributed by atoms with Crippen molar-refractivity contribution in [1.29, 1.82) is 0 Å². The molecule has 0 bridgehead atoms. The molecule has 2 N–H and O–H groups in total. The molecule has 0 heterocycles. The van der Waals surface area contributed by atoms with Crippen molar-refractivity contribution in [3.05, 3.63) is 34.1 Å². The minimum atomic E-state index is 0.480. The molecular formula is C20H35N. The first-order valence-electron chi connectivity index (χ1n) is 8.58. The highest BCUT2D eigenvalue weighted by atomic mass is 14.6. The van der Waals surface area contributed by atoms with Crippen LogP contribution in [-0.4, -0.2) is 0 Å². The summed E-state index contributed by atoms with van der Waals surface area (Å²) in [6.45, 7) is 13.4. The maximum atomic E-state index is 6.19. The highest BCUT2D eigenvalue weighted by molar-refractivity contribution is 5.28. The van der Waals surface area contributed by atoms with Crippen molar-refractivity contribution in [2.75, 3.05) is 0 Å². The monoisotopic (exact) mass is 289 g/mol. The Labute approximate surface area is 132 Å². The fraction of sp³-hybridized carbons (Fsp3) is 0.700. The van der Waals surface area contributed by atoms with Crippen molar-refractivity contribution >= 4 is 0 Å². The van der Waals surface area contributed by atoms with Crippen LogP contribution in [0.4, 0.5) is 0 Å². The van der Waals surface area contributed by atoms with Gasteiger partial charge in [0, 0.05) is 5.70 Å². The summed E-state index contributed by atoms with van der Waals surface area (Å²) in [5, 5.41) is 0. The van der Waals surface area contributed by atoms with E-state index in [1.54, 1.807) is 5.57 Å². The molecule has 120 valence electrons. The Hall–Kier alpha value is -0.980. The molecule has 0 saturated heterocycles. The summed E-state index contributed by atoms with van der Waals surface area (Å²) < 4.78 is 0. The second-order valence-electron chi connectivity index (χ2n) is 7.29. The van der Waals surface area contributed by atoms with E-state index in [1.165, 1.54) is 55.2 Å². The zero-order chi connectivity index (χ0) is 16.0. The minimum absolute atomic E-state index is 0.480. The van der Waals surface area contributed by atoms with Crippen LogP contribution in [0.2, 0.25) is 0 Å². The Morgan fingerprint density at radius 2 is 1.76 bits per heavy atom. The van der Waals surface area contributed by atoms with Gasteiger partial charge in [0.25, 0.3) is 0 Å². The number of hydrogen-bond acceptors (Lipinski definition) is 1. The number of nitrogens with two attached hydrogens (primary N) is 1. The molecule has 0 radical (unpaired) electrons. The first-order valence-corrected chi connectivity index (χ1v) is 8.58. The Balaban J connectivity index is 2.76. The molecule has 0 aliphatic heterocycles. The van der Waals surface area contributed by atoms with Crippen LogP contribution in [0.1, 0.15) is 86.5 Å². The topological polar surface area (TPSA) is 26.0 Å². The highest BCUT2D eigenvalue weighted by Gasteiger charge is 2.39. The predicted octanol–water partition coefficient (Wildman–Crippen LogP) is 6.27. The van der Waals surface area contributed by atoms with Gasteiger partial charge < -0.3 is 5.73 Å². The van der Waals surface area contributed by atoms with Crippen molar-refractivity contribution in [3.63, 3.8) is 0 Å². The molecule has 0 unspecified atom stereocenters. The maximum Gasteiger partial charge on any atom is 0.00442 e. The third-order valence-corrected chi connectivity index (χ3v) is 5.05. The molecule has 1 rings (SSSR count). The van der Waals surface area contributed by atoms with Crippen molar-refractivity contribution in [2.24, 2.45) is 11.1 Å². The van der Waals surface area contributed by atoms with Gasteiger partial charge in [-0.3, -0.25) is 0 Å². The first kappa shape index (κ1) is 18.1. The van der Waals surface area contributed by atoms with E-state index in [-0.39, 0.29) is 0 Å². The zero-order valence-electron chi connectivity index (χ0n) is 15.1. The van der Waals surface area contributed by atoms with Crippen LogP contribution in [0.3, 0.4) is 0 Å². The number of unbranched alkanes of at least 4 members (excludes halogenated alkanes) is 1. The lowest BCUT2D eigenvalue weighted by molar-refractivity contribution is 0.190. The van der Waals surface area contributed by atoms with Gasteiger partial charge >= 0.3 is 0 Å². The summed E-state index contributed by atoms with van der Waals surface area (Å²) in [4.78, 5) is 0. The smallest absolute Gasteiger partial charge is 0.00442 e. The largest absolute Gasteiger partial charge is 0.402 e. The Bertz CT molecular complexity index is 432. The van der Waals surface area contributed by atoms with Crippen molar-refractivity contribution in [1.82, 2.24) is 0 Å². The lowest BCUT2D eigenvalue weighted by Crippen LogP contribution is -2.32. The number of hydrogen-bond donors (Lipinski definition) is 1. The predicted molar refractivity (Wildman–Crippen MR) is 95.1 cm³/mol. The Morgan fingerprint density at radius 1 is 1.14 bits per heavy atom. The van der Waals surface area contributed by atoms with Gasteiger partial charge in [0.05, 0.1) is 0 Å². The van der Waals surface area contributed by atoms with Crippen LogP contribution in [0.25, 0.3) is 0 Å². The number of allylic oxidation sites excluding steroid dienone is 6. The standard InChI is InChI=1S/C20H35N/c1-7-9-10-16(5)11-18(17(6)21)12-20(8-2)13-19(14-20)15(3)4/h10H,7-9,11-14,21H2,1-6H3/b16-10+,18-17-. The lowest BCUT2D eigenvalue weighted by atomic mass is 9.59. The minimum Gasteiger partial charge on any atom is -0.402 e. The van der Waals surface area contributed by atoms with Gasteiger partial charge in [-0.15, -0.1) is 0 Å². The second kappa shape index (κ2) is 7.87. The fourth-order valence-corrected chi connectivity index (χ4v) is 3.30. The van der Waals surface area contributed by atoms with Crippen molar-refractivity contribution in [3.8, 4) is 0 Å². The van der Waals surface area contributed by atoms with E-state index in [0.29, 0.717) is 5.41 Å². The fourth-order valence-electron chi connectivity index (χ4n) is 3.30. The van der Waals surface area contributed by atoms with Crippen LogP contribution < -0.4 is 5.73 Å². The molecule has 0 atom stereocenters. The molecule has 0 aromatic rings. The van der Waals surface area contributed by atoms with E-state index in [9.17, 15) is 0 Å². The summed E-state index contributed by atoms with van der Waals surface area (Å²) >= 11 is 0. The molecule has 1 nitrogen and oxygen atoms in total. The zero-order valence-corrected chi connectivity index (χ0v) is 15.1. The Morgan fingerprint density at radius 3 is 2.19 bits per heavy atom. The van der Waals surface area contributed by atoms with Crippen molar-refractivity contribution < 1.29 is 0 Å². The maximum absolute atomic E-state index is 6.19.